The maximum atomic E-state index is 12.5. The van der Waals surface area contributed by atoms with Gasteiger partial charge < -0.3 is 4.90 Å². The average Bonchev–Trinajstić information content (AvgIpc) is 3.10. The van der Waals surface area contributed by atoms with Gasteiger partial charge in [0.15, 0.2) is 0 Å². The number of nitro benzene ring substituents is 1. The van der Waals surface area contributed by atoms with Crippen molar-refractivity contribution in [1.29, 1.82) is 0 Å². The SMILES string of the molecule is CC(c1cccc([N+](=O)[O-])c1)N(C)C(=O)C=Cc1ccc(N2CCCS2(=O)=O)cc1. The topological polar surface area (TPSA) is 101 Å². The Morgan fingerprint density at radius 1 is 1.23 bits per heavy atom. The van der Waals surface area contributed by atoms with Gasteiger partial charge in [-0.25, -0.2) is 8.42 Å². The number of nitro groups is 1. The molecule has 2 aromatic rings. The molecular weight excluding hydrogens is 406 g/mol. The summed E-state index contributed by atoms with van der Waals surface area (Å²) in [5.41, 5.74) is 2.04. The zero-order chi connectivity index (χ0) is 21.9. The molecule has 0 spiro atoms. The van der Waals surface area contributed by atoms with Crippen LogP contribution >= 0.6 is 0 Å². The van der Waals surface area contributed by atoms with Crippen molar-refractivity contribution in [3.63, 3.8) is 0 Å². The van der Waals surface area contributed by atoms with E-state index in [0.717, 1.165) is 5.56 Å². The number of carbonyl (C=O) groups excluding carboxylic acids is 1. The molecule has 1 saturated heterocycles. The van der Waals surface area contributed by atoms with Gasteiger partial charge in [0.05, 0.1) is 22.4 Å². The fourth-order valence-corrected chi connectivity index (χ4v) is 4.84. The number of non-ortho nitro benzene ring substituents is 1. The Morgan fingerprint density at radius 3 is 2.53 bits per heavy atom. The molecule has 9 heteroatoms. The zero-order valence-corrected chi connectivity index (χ0v) is 17.6. The number of likely N-dealkylation sites (N-methyl/N-ethyl adjacent to an activating group) is 1. The third-order valence-corrected chi connectivity index (χ3v) is 7.06. The lowest BCUT2D eigenvalue weighted by molar-refractivity contribution is -0.384. The third kappa shape index (κ3) is 4.68. The van der Waals surface area contributed by atoms with E-state index in [4.69, 9.17) is 0 Å². The van der Waals surface area contributed by atoms with Gasteiger partial charge in [-0.05, 0) is 42.7 Å². The predicted octanol–water partition coefficient (Wildman–Crippen LogP) is 3.37. The number of rotatable bonds is 6. The largest absolute Gasteiger partial charge is 0.335 e. The number of sulfonamides is 1. The van der Waals surface area contributed by atoms with E-state index in [0.29, 0.717) is 24.2 Å². The van der Waals surface area contributed by atoms with E-state index in [9.17, 15) is 23.3 Å². The molecule has 0 aromatic heterocycles. The number of anilines is 1. The summed E-state index contributed by atoms with van der Waals surface area (Å²) in [6.45, 7) is 2.28. The molecule has 1 fully saturated rings. The number of benzene rings is 2. The number of hydrogen-bond acceptors (Lipinski definition) is 5. The summed E-state index contributed by atoms with van der Waals surface area (Å²) < 4.78 is 25.4. The van der Waals surface area contributed by atoms with Crippen molar-refractivity contribution in [2.75, 3.05) is 23.7 Å². The Kier molecular flexibility index (Phi) is 6.21. The second-order valence-electron chi connectivity index (χ2n) is 7.14. The first kappa shape index (κ1) is 21.5. The van der Waals surface area contributed by atoms with E-state index in [-0.39, 0.29) is 23.4 Å². The molecule has 1 amide bonds. The fourth-order valence-electron chi connectivity index (χ4n) is 3.28. The van der Waals surface area contributed by atoms with E-state index in [2.05, 4.69) is 0 Å². The Labute approximate surface area is 175 Å². The van der Waals surface area contributed by atoms with Crippen LogP contribution in [0.1, 0.15) is 30.5 Å². The maximum Gasteiger partial charge on any atom is 0.269 e. The number of hydrogen-bond donors (Lipinski definition) is 0. The van der Waals surface area contributed by atoms with Gasteiger partial charge in [-0.3, -0.25) is 19.2 Å². The van der Waals surface area contributed by atoms with Crippen molar-refractivity contribution in [3.05, 3.63) is 75.8 Å². The van der Waals surface area contributed by atoms with Gasteiger partial charge >= 0.3 is 0 Å². The van der Waals surface area contributed by atoms with E-state index in [1.165, 1.54) is 27.4 Å². The highest BCUT2D eigenvalue weighted by molar-refractivity contribution is 7.93. The zero-order valence-electron chi connectivity index (χ0n) is 16.8. The molecule has 0 radical (unpaired) electrons. The lowest BCUT2D eigenvalue weighted by atomic mass is 10.1. The Balaban J connectivity index is 1.67. The maximum absolute atomic E-state index is 12.5. The van der Waals surface area contributed by atoms with Crippen molar-refractivity contribution in [3.8, 4) is 0 Å². The second-order valence-corrected chi connectivity index (χ2v) is 9.16. The molecule has 0 bridgehead atoms. The Bertz CT molecular complexity index is 1080. The molecule has 0 aliphatic carbocycles. The predicted molar refractivity (Wildman–Crippen MR) is 116 cm³/mol. The molecule has 0 saturated carbocycles. The number of nitrogens with zero attached hydrogens (tertiary/aromatic N) is 3. The summed E-state index contributed by atoms with van der Waals surface area (Å²) in [6.07, 6.45) is 3.70. The van der Waals surface area contributed by atoms with Crippen molar-refractivity contribution in [1.82, 2.24) is 4.90 Å². The van der Waals surface area contributed by atoms with E-state index >= 15 is 0 Å². The Morgan fingerprint density at radius 2 is 1.93 bits per heavy atom. The molecule has 2 aromatic carbocycles. The van der Waals surface area contributed by atoms with Crippen LogP contribution in [-0.2, 0) is 14.8 Å². The molecule has 0 N–H and O–H groups in total. The van der Waals surface area contributed by atoms with E-state index in [1.54, 1.807) is 56.4 Å². The smallest absolute Gasteiger partial charge is 0.269 e. The summed E-state index contributed by atoms with van der Waals surface area (Å²) in [7, 11) is -1.59. The first-order valence-corrected chi connectivity index (χ1v) is 11.1. The normalized spacial score (nSPS) is 16.5. The molecular formula is C21H23N3O5S. The van der Waals surface area contributed by atoms with Gasteiger partial charge in [-0.1, -0.05) is 24.3 Å². The second kappa shape index (κ2) is 8.66. The molecule has 30 heavy (non-hydrogen) atoms. The van der Waals surface area contributed by atoms with Crippen LogP contribution in [0, 0.1) is 10.1 Å². The van der Waals surface area contributed by atoms with Crippen LogP contribution in [0.4, 0.5) is 11.4 Å². The molecule has 1 aliphatic heterocycles. The lowest BCUT2D eigenvalue weighted by Crippen LogP contribution is -2.28. The lowest BCUT2D eigenvalue weighted by Gasteiger charge is -2.24. The fraction of sp³-hybridized carbons (Fsp3) is 0.286. The Hall–Kier alpha value is -3.20. The minimum absolute atomic E-state index is 0.0177. The van der Waals surface area contributed by atoms with Crippen LogP contribution in [0.25, 0.3) is 6.08 Å². The number of amides is 1. The van der Waals surface area contributed by atoms with Crippen molar-refractivity contribution in [2.24, 2.45) is 0 Å². The van der Waals surface area contributed by atoms with Crippen molar-refractivity contribution < 1.29 is 18.1 Å². The summed E-state index contributed by atoms with van der Waals surface area (Å²) >= 11 is 0. The molecule has 158 valence electrons. The van der Waals surface area contributed by atoms with Gasteiger partial charge in [0.1, 0.15) is 0 Å². The van der Waals surface area contributed by atoms with Crippen LogP contribution in [0.15, 0.2) is 54.6 Å². The van der Waals surface area contributed by atoms with Crippen LogP contribution < -0.4 is 4.31 Å². The summed E-state index contributed by atoms with van der Waals surface area (Å²) in [6, 6.07) is 12.8. The third-order valence-electron chi connectivity index (χ3n) is 5.19. The molecule has 3 rings (SSSR count). The molecule has 1 heterocycles. The average molecular weight is 429 g/mol. The highest BCUT2D eigenvalue weighted by Gasteiger charge is 2.28. The monoisotopic (exact) mass is 429 g/mol. The van der Waals surface area contributed by atoms with Gasteiger partial charge in [0.25, 0.3) is 5.69 Å². The van der Waals surface area contributed by atoms with E-state index < -0.39 is 14.9 Å². The van der Waals surface area contributed by atoms with Crippen molar-refractivity contribution in [2.45, 2.75) is 19.4 Å². The summed E-state index contributed by atoms with van der Waals surface area (Å²) in [4.78, 5) is 24.5. The summed E-state index contributed by atoms with van der Waals surface area (Å²) in [5.74, 6) is -0.0849. The quantitative estimate of drug-likeness (QED) is 0.398. The molecule has 8 nitrogen and oxygen atoms in total. The minimum atomic E-state index is -3.22. The molecule has 1 atom stereocenters. The van der Waals surface area contributed by atoms with Crippen LogP contribution in [0.5, 0.6) is 0 Å². The molecule has 1 aliphatic rings. The van der Waals surface area contributed by atoms with Crippen molar-refractivity contribution >= 4 is 33.4 Å². The standard InChI is InChI=1S/C21H23N3O5S/c1-16(18-5-3-6-20(15-18)24(26)27)22(2)21(25)12-9-17-7-10-19(11-8-17)23-13-4-14-30(23,28)29/h3,5-12,15-16H,4,13-14H2,1-2H3. The highest BCUT2D eigenvalue weighted by atomic mass is 32.2. The first-order chi connectivity index (χ1) is 14.2. The highest BCUT2D eigenvalue weighted by Crippen LogP contribution is 2.25. The first-order valence-electron chi connectivity index (χ1n) is 9.49. The van der Waals surface area contributed by atoms with Gasteiger partial charge in [0.2, 0.25) is 15.9 Å². The number of carbonyl (C=O) groups is 1. The van der Waals surface area contributed by atoms with Gasteiger partial charge in [-0.15, -0.1) is 0 Å². The van der Waals surface area contributed by atoms with Gasteiger partial charge in [0, 0.05) is 31.8 Å². The van der Waals surface area contributed by atoms with Crippen LogP contribution in [0.2, 0.25) is 0 Å². The summed E-state index contributed by atoms with van der Waals surface area (Å²) in [5, 5.41) is 11.0. The molecule has 1 unspecified atom stereocenters. The van der Waals surface area contributed by atoms with Gasteiger partial charge in [-0.2, -0.15) is 0 Å². The van der Waals surface area contributed by atoms with Crippen LogP contribution in [0.3, 0.4) is 0 Å². The minimum Gasteiger partial charge on any atom is -0.335 e. The van der Waals surface area contributed by atoms with E-state index in [1.807, 2.05) is 0 Å². The van der Waals surface area contributed by atoms with Crippen LogP contribution in [-0.4, -0.2) is 43.5 Å².